The number of aromatic nitrogens is 2. The van der Waals surface area contributed by atoms with E-state index in [0.29, 0.717) is 10.7 Å². The molecule has 3 nitrogen and oxygen atoms in total. The summed E-state index contributed by atoms with van der Waals surface area (Å²) in [5.41, 5.74) is 0.550. The van der Waals surface area contributed by atoms with Crippen molar-refractivity contribution in [1.29, 1.82) is 0 Å². The molecule has 0 fully saturated rings. The summed E-state index contributed by atoms with van der Waals surface area (Å²) in [5, 5.41) is 9.62. The normalized spacial score (nSPS) is 10.6. The third-order valence-corrected chi connectivity index (χ3v) is 1.77. The maximum absolute atomic E-state index is 9.30. The SMILES string of the molecule is Oc1cccn2cnc(Cl)c12. The standard InChI is InChI=1S/C7H5ClN2O/c8-7-6-5(11)2-1-3-10(6)4-9-7/h1-4,11H. The van der Waals surface area contributed by atoms with Gasteiger partial charge in [0.25, 0.3) is 0 Å². The smallest absolute Gasteiger partial charge is 0.158 e. The second kappa shape index (κ2) is 2.13. The van der Waals surface area contributed by atoms with Gasteiger partial charge >= 0.3 is 0 Å². The highest BCUT2D eigenvalue weighted by molar-refractivity contribution is 6.33. The van der Waals surface area contributed by atoms with E-state index in [-0.39, 0.29) is 5.75 Å². The van der Waals surface area contributed by atoms with Crippen LogP contribution in [-0.2, 0) is 0 Å². The summed E-state index contributed by atoms with van der Waals surface area (Å²) in [4.78, 5) is 3.82. The Kier molecular flexibility index (Phi) is 1.26. The van der Waals surface area contributed by atoms with Crippen molar-refractivity contribution < 1.29 is 5.11 Å². The van der Waals surface area contributed by atoms with Crippen LogP contribution in [0.4, 0.5) is 0 Å². The Hall–Kier alpha value is -1.22. The Morgan fingerprint density at radius 2 is 2.36 bits per heavy atom. The van der Waals surface area contributed by atoms with Crippen LogP contribution in [0, 0.1) is 0 Å². The Balaban J connectivity index is 2.96. The van der Waals surface area contributed by atoms with Gasteiger partial charge in [0.2, 0.25) is 0 Å². The van der Waals surface area contributed by atoms with E-state index in [4.69, 9.17) is 11.6 Å². The Morgan fingerprint density at radius 3 is 3.09 bits per heavy atom. The van der Waals surface area contributed by atoms with Crippen molar-refractivity contribution in [3.8, 4) is 5.75 Å². The molecule has 0 spiro atoms. The van der Waals surface area contributed by atoms with E-state index in [2.05, 4.69) is 4.98 Å². The van der Waals surface area contributed by atoms with Crippen molar-refractivity contribution in [2.75, 3.05) is 0 Å². The largest absolute Gasteiger partial charge is 0.506 e. The number of nitrogens with zero attached hydrogens (tertiary/aromatic N) is 2. The summed E-state index contributed by atoms with van der Waals surface area (Å²) < 4.78 is 1.66. The predicted octanol–water partition coefficient (Wildman–Crippen LogP) is 1.69. The van der Waals surface area contributed by atoms with Crippen LogP contribution in [0.25, 0.3) is 5.52 Å². The van der Waals surface area contributed by atoms with E-state index in [1.165, 1.54) is 0 Å². The van der Waals surface area contributed by atoms with E-state index in [1.54, 1.807) is 29.1 Å². The first-order valence-electron chi connectivity index (χ1n) is 3.09. The van der Waals surface area contributed by atoms with E-state index < -0.39 is 0 Å². The number of hydrogen-bond acceptors (Lipinski definition) is 2. The van der Waals surface area contributed by atoms with Gasteiger partial charge in [-0.15, -0.1) is 0 Å². The number of imidazole rings is 1. The van der Waals surface area contributed by atoms with E-state index in [1.807, 2.05) is 0 Å². The fourth-order valence-corrected chi connectivity index (χ4v) is 1.23. The first-order chi connectivity index (χ1) is 5.29. The van der Waals surface area contributed by atoms with Crippen LogP contribution in [0.15, 0.2) is 24.7 Å². The Morgan fingerprint density at radius 1 is 1.55 bits per heavy atom. The summed E-state index contributed by atoms with van der Waals surface area (Å²) in [6.07, 6.45) is 3.32. The summed E-state index contributed by atoms with van der Waals surface area (Å²) >= 11 is 5.69. The molecule has 0 aliphatic carbocycles. The first-order valence-corrected chi connectivity index (χ1v) is 3.47. The van der Waals surface area contributed by atoms with Crippen LogP contribution in [0.5, 0.6) is 5.75 Å². The van der Waals surface area contributed by atoms with Gasteiger partial charge in [-0.1, -0.05) is 11.6 Å². The highest BCUT2D eigenvalue weighted by atomic mass is 35.5. The van der Waals surface area contributed by atoms with Crippen LogP contribution >= 0.6 is 11.6 Å². The average Bonchev–Trinajstić information content (AvgIpc) is 2.34. The summed E-state index contributed by atoms with van der Waals surface area (Å²) in [7, 11) is 0. The minimum absolute atomic E-state index is 0.148. The second-order valence-electron chi connectivity index (χ2n) is 2.18. The molecule has 0 unspecified atom stereocenters. The van der Waals surface area contributed by atoms with Crippen molar-refractivity contribution in [1.82, 2.24) is 9.38 Å². The number of halogens is 1. The minimum Gasteiger partial charge on any atom is -0.506 e. The topological polar surface area (TPSA) is 37.5 Å². The van der Waals surface area contributed by atoms with Gasteiger partial charge in [-0.2, -0.15) is 0 Å². The van der Waals surface area contributed by atoms with E-state index in [0.717, 1.165) is 0 Å². The van der Waals surface area contributed by atoms with E-state index >= 15 is 0 Å². The lowest BCUT2D eigenvalue weighted by Crippen LogP contribution is -1.79. The maximum atomic E-state index is 9.30. The van der Waals surface area contributed by atoms with Crippen molar-refractivity contribution in [3.05, 3.63) is 29.8 Å². The summed E-state index contributed by atoms with van der Waals surface area (Å²) in [5.74, 6) is 0.148. The van der Waals surface area contributed by atoms with Gasteiger partial charge in [-0.3, -0.25) is 0 Å². The molecule has 1 N–H and O–H groups in total. The third-order valence-electron chi connectivity index (χ3n) is 1.49. The molecule has 0 bridgehead atoms. The van der Waals surface area contributed by atoms with Gasteiger partial charge < -0.3 is 9.51 Å². The van der Waals surface area contributed by atoms with Crippen LogP contribution in [0.1, 0.15) is 0 Å². The minimum atomic E-state index is 0.148. The molecule has 0 saturated carbocycles. The molecular weight excluding hydrogens is 164 g/mol. The van der Waals surface area contributed by atoms with Gasteiger partial charge in [-0.05, 0) is 12.1 Å². The molecule has 2 aromatic heterocycles. The zero-order valence-corrected chi connectivity index (χ0v) is 6.28. The van der Waals surface area contributed by atoms with Crippen molar-refractivity contribution in [2.45, 2.75) is 0 Å². The summed E-state index contributed by atoms with van der Waals surface area (Å²) in [6, 6.07) is 3.29. The monoisotopic (exact) mass is 168 g/mol. The van der Waals surface area contributed by atoms with Gasteiger partial charge in [0, 0.05) is 6.20 Å². The van der Waals surface area contributed by atoms with Gasteiger partial charge in [0.15, 0.2) is 5.15 Å². The molecular formula is C7H5ClN2O. The Labute approximate surface area is 67.9 Å². The molecule has 0 aromatic carbocycles. The van der Waals surface area contributed by atoms with Gasteiger partial charge in [-0.25, -0.2) is 4.98 Å². The van der Waals surface area contributed by atoms with Crippen LogP contribution in [-0.4, -0.2) is 14.5 Å². The Bertz CT molecular complexity index is 396. The number of rotatable bonds is 0. The fourth-order valence-electron chi connectivity index (χ4n) is 0.995. The lowest BCUT2D eigenvalue weighted by atomic mass is 10.4. The molecule has 2 rings (SSSR count). The fraction of sp³-hybridized carbons (Fsp3) is 0. The first kappa shape index (κ1) is 6.49. The number of pyridine rings is 1. The molecule has 0 radical (unpaired) electrons. The van der Waals surface area contributed by atoms with E-state index in [9.17, 15) is 5.11 Å². The van der Waals surface area contributed by atoms with Crippen LogP contribution in [0.2, 0.25) is 5.15 Å². The quantitative estimate of drug-likeness (QED) is 0.650. The van der Waals surface area contributed by atoms with Crippen molar-refractivity contribution in [2.24, 2.45) is 0 Å². The van der Waals surface area contributed by atoms with Crippen LogP contribution in [0.3, 0.4) is 0 Å². The second-order valence-corrected chi connectivity index (χ2v) is 2.54. The van der Waals surface area contributed by atoms with Crippen LogP contribution < -0.4 is 0 Å². The number of aromatic hydroxyl groups is 1. The van der Waals surface area contributed by atoms with Gasteiger partial charge in [0.05, 0.1) is 0 Å². The molecule has 0 amide bonds. The highest BCUT2D eigenvalue weighted by Crippen LogP contribution is 2.23. The zero-order chi connectivity index (χ0) is 7.84. The molecule has 0 saturated heterocycles. The highest BCUT2D eigenvalue weighted by Gasteiger charge is 2.04. The zero-order valence-electron chi connectivity index (χ0n) is 5.53. The maximum Gasteiger partial charge on any atom is 0.158 e. The molecule has 0 aliphatic heterocycles. The van der Waals surface area contributed by atoms with Crippen molar-refractivity contribution in [3.63, 3.8) is 0 Å². The summed E-state index contributed by atoms with van der Waals surface area (Å²) in [6.45, 7) is 0. The molecule has 2 heterocycles. The molecule has 56 valence electrons. The number of fused-ring (bicyclic) bond motifs is 1. The predicted molar refractivity (Wildman–Crippen MR) is 41.9 cm³/mol. The molecule has 0 aliphatic rings. The van der Waals surface area contributed by atoms with Crippen molar-refractivity contribution >= 4 is 17.1 Å². The average molecular weight is 169 g/mol. The number of hydrogen-bond donors (Lipinski definition) is 1. The molecule has 0 atom stereocenters. The molecule has 11 heavy (non-hydrogen) atoms. The molecule has 4 heteroatoms. The third kappa shape index (κ3) is 0.851. The lowest BCUT2D eigenvalue weighted by molar-refractivity contribution is 0.479. The van der Waals surface area contributed by atoms with Gasteiger partial charge in [0.1, 0.15) is 17.6 Å². The molecule has 2 aromatic rings. The lowest BCUT2D eigenvalue weighted by Gasteiger charge is -1.94.